The van der Waals surface area contributed by atoms with Crippen molar-refractivity contribution >= 4 is 27.1 Å². The fourth-order valence-electron chi connectivity index (χ4n) is 1.69. The zero-order valence-electron chi connectivity index (χ0n) is 12.4. The molecule has 0 fully saturated rings. The summed E-state index contributed by atoms with van der Waals surface area (Å²) >= 11 is 0. The summed E-state index contributed by atoms with van der Waals surface area (Å²) in [5.74, 6) is -1.48. The highest BCUT2D eigenvalue weighted by molar-refractivity contribution is 7.55. The van der Waals surface area contributed by atoms with Crippen molar-refractivity contribution in [3.8, 4) is 0 Å². The molecule has 0 aliphatic carbocycles. The van der Waals surface area contributed by atoms with E-state index in [9.17, 15) is 23.8 Å². The average Bonchev–Trinajstić information content (AvgIpc) is 2.34. The van der Waals surface area contributed by atoms with Gasteiger partial charge in [0.05, 0.1) is 0 Å². The Balaban J connectivity index is 5.23. The van der Waals surface area contributed by atoms with E-state index in [-0.39, 0.29) is 19.5 Å². The highest BCUT2D eigenvalue weighted by Crippen LogP contribution is 2.36. The molecule has 11 nitrogen and oxygen atoms in total. The van der Waals surface area contributed by atoms with Crippen molar-refractivity contribution in [1.82, 2.24) is 4.90 Å². The number of carboxylic acids is 2. The van der Waals surface area contributed by atoms with Crippen LogP contribution in [0.5, 0.6) is 0 Å². The molecule has 6 N–H and O–H groups in total. The monoisotopic (exact) mass is 387 g/mol. The summed E-state index contributed by atoms with van der Waals surface area (Å²) in [6, 6.07) is -1.32. The summed E-state index contributed by atoms with van der Waals surface area (Å²) in [6.07, 6.45) is 1.25. The van der Waals surface area contributed by atoms with E-state index in [0.717, 1.165) is 17.1 Å². The van der Waals surface area contributed by atoms with Crippen LogP contribution in [0.25, 0.3) is 0 Å². The summed E-state index contributed by atoms with van der Waals surface area (Å²) in [5, 5.41) is 17.8. The van der Waals surface area contributed by atoms with Crippen LogP contribution in [0.4, 0.5) is 0 Å². The minimum atomic E-state index is -4.45. The molecule has 0 aliphatic heterocycles. The standard InChI is InChI=1S/C11H19NO10P2/c13-10(14)4-3-9(11(15)16)12(5-1-7-23(17,18)19)6-2-8-24(20,21)22/h1-2,7-9H,3-6H2,(H,13,14)(H,15,16)(H2,17,18,19)(H2,20,21,22)/t9-/m0/s1. The first-order valence-corrected chi connectivity index (χ1v) is 9.82. The van der Waals surface area contributed by atoms with Gasteiger partial charge in [-0.05, 0) is 6.42 Å². The van der Waals surface area contributed by atoms with Gasteiger partial charge < -0.3 is 29.8 Å². The molecule has 1 atom stereocenters. The maximum Gasteiger partial charge on any atom is 0.348 e. The minimum absolute atomic E-state index is 0.271. The molecule has 0 unspecified atom stereocenters. The largest absolute Gasteiger partial charge is 0.481 e. The lowest BCUT2D eigenvalue weighted by Crippen LogP contribution is -2.41. The van der Waals surface area contributed by atoms with Crippen molar-refractivity contribution in [2.75, 3.05) is 13.1 Å². The predicted octanol–water partition coefficient (Wildman–Crippen LogP) is -0.0108. The van der Waals surface area contributed by atoms with Crippen LogP contribution in [0.15, 0.2) is 23.8 Å². The van der Waals surface area contributed by atoms with Gasteiger partial charge in [0.25, 0.3) is 0 Å². The van der Waals surface area contributed by atoms with E-state index in [1.807, 2.05) is 0 Å². The summed E-state index contributed by atoms with van der Waals surface area (Å²) < 4.78 is 21.5. The van der Waals surface area contributed by atoms with Crippen molar-refractivity contribution in [2.45, 2.75) is 18.9 Å². The van der Waals surface area contributed by atoms with E-state index in [1.54, 1.807) is 0 Å². The fourth-order valence-corrected chi connectivity index (χ4v) is 2.43. The topological polar surface area (TPSA) is 193 Å². The summed E-state index contributed by atoms with van der Waals surface area (Å²) in [4.78, 5) is 57.9. The quantitative estimate of drug-likeness (QED) is 0.261. The first-order chi connectivity index (χ1) is 10.8. The highest BCUT2D eigenvalue weighted by Gasteiger charge is 2.25. The molecule has 0 saturated heterocycles. The number of nitrogens with zero attached hydrogens (tertiary/aromatic N) is 1. The second-order valence-corrected chi connectivity index (χ2v) is 7.64. The van der Waals surface area contributed by atoms with E-state index < -0.39 is 39.6 Å². The number of rotatable bonds is 11. The Labute approximate surface area is 137 Å². The molecule has 0 aromatic rings. The molecule has 0 aliphatic rings. The van der Waals surface area contributed by atoms with Gasteiger partial charge in [-0.3, -0.25) is 23.6 Å². The first kappa shape index (κ1) is 22.7. The molecule has 0 amide bonds. The van der Waals surface area contributed by atoms with E-state index in [4.69, 9.17) is 24.7 Å². The van der Waals surface area contributed by atoms with Crippen LogP contribution in [-0.2, 0) is 18.7 Å². The molecular weight excluding hydrogens is 368 g/mol. The second-order valence-electron chi connectivity index (χ2n) is 4.69. The lowest BCUT2D eigenvalue weighted by molar-refractivity contribution is -0.144. The van der Waals surface area contributed by atoms with E-state index in [2.05, 4.69) is 0 Å². The summed E-state index contributed by atoms with van der Waals surface area (Å²) in [7, 11) is -8.90. The molecule has 0 rings (SSSR count). The van der Waals surface area contributed by atoms with Crippen LogP contribution >= 0.6 is 15.2 Å². The Kier molecular flexibility index (Phi) is 9.31. The average molecular weight is 387 g/mol. The van der Waals surface area contributed by atoms with Gasteiger partial charge in [0.15, 0.2) is 0 Å². The smallest absolute Gasteiger partial charge is 0.348 e. The van der Waals surface area contributed by atoms with Gasteiger partial charge in [0.2, 0.25) is 0 Å². The van der Waals surface area contributed by atoms with Crippen LogP contribution in [0.2, 0.25) is 0 Å². The van der Waals surface area contributed by atoms with Gasteiger partial charge in [0.1, 0.15) is 6.04 Å². The van der Waals surface area contributed by atoms with Crippen molar-refractivity contribution in [3.05, 3.63) is 23.8 Å². The van der Waals surface area contributed by atoms with Crippen molar-refractivity contribution < 1.29 is 48.5 Å². The zero-order valence-corrected chi connectivity index (χ0v) is 14.2. The van der Waals surface area contributed by atoms with Crippen molar-refractivity contribution in [2.24, 2.45) is 0 Å². The predicted molar refractivity (Wildman–Crippen MR) is 82.2 cm³/mol. The molecule has 24 heavy (non-hydrogen) atoms. The van der Waals surface area contributed by atoms with Crippen LogP contribution in [0.3, 0.4) is 0 Å². The number of aliphatic carboxylic acids is 2. The minimum Gasteiger partial charge on any atom is -0.481 e. The fraction of sp³-hybridized carbons (Fsp3) is 0.455. The normalized spacial score (nSPS) is 14.5. The van der Waals surface area contributed by atoms with E-state index >= 15 is 0 Å². The van der Waals surface area contributed by atoms with E-state index in [0.29, 0.717) is 11.6 Å². The van der Waals surface area contributed by atoms with Gasteiger partial charge in [-0.1, -0.05) is 12.2 Å². The maximum absolute atomic E-state index is 11.3. The van der Waals surface area contributed by atoms with E-state index in [1.165, 1.54) is 0 Å². The molecule has 0 saturated carbocycles. The zero-order chi connectivity index (χ0) is 19.0. The van der Waals surface area contributed by atoms with Crippen LogP contribution in [0, 0.1) is 0 Å². The van der Waals surface area contributed by atoms with Crippen LogP contribution < -0.4 is 0 Å². The Morgan fingerprint density at radius 2 is 1.33 bits per heavy atom. The molecule has 0 spiro atoms. The van der Waals surface area contributed by atoms with Crippen molar-refractivity contribution in [1.29, 1.82) is 0 Å². The molecule has 0 bridgehead atoms. The van der Waals surface area contributed by atoms with Gasteiger partial charge in [-0.15, -0.1) is 0 Å². The van der Waals surface area contributed by atoms with Gasteiger partial charge in [-0.2, -0.15) is 0 Å². The molecule has 0 aromatic carbocycles. The molecule has 13 heteroatoms. The number of carbonyl (C=O) groups is 2. The molecule has 0 heterocycles. The molecular formula is C11H19NO10P2. The van der Waals surface area contributed by atoms with Gasteiger partial charge in [-0.25, -0.2) is 0 Å². The molecule has 138 valence electrons. The summed E-state index contributed by atoms with van der Waals surface area (Å²) in [5.41, 5.74) is 0. The Bertz CT molecular complexity index is 556. The highest BCUT2D eigenvalue weighted by atomic mass is 31.2. The van der Waals surface area contributed by atoms with Gasteiger partial charge in [0, 0.05) is 31.1 Å². The molecule has 0 aromatic heterocycles. The number of carboxylic acid groups (broad SMARTS) is 2. The second kappa shape index (κ2) is 9.85. The van der Waals surface area contributed by atoms with Crippen molar-refractivity contribution in [3.63, 3.8) is 0 Å². The summed E-state index contributed by atoms with van der Waals surface area (Å²) in [6.45, 7) is -0.541. The lowest BCUT2D eigenvalue weighted by atomic mass is 10.1. The lowest BCUT2D eigenvalue weighted by Gasteiger charge is -2.26. The van der Waals surface area contributed by atoms with Gasteiger partial charge >= 0.3 is 27.1 Å². The first-order valence-electron chi connectivity index (χ1n) is 6.46. The third kappa shape index (κ3) is 12.1. The number of hydrogen-bond donors (Lipinski definition) is 6. The maximum atomic E-state index is 11.3. The Morgan fingerprint density at radius 1 is 0.917 bits per heavy atom. The SMILES string of the molecule is O=C(O)CC[C@@H](C(=O)O)N(CC=CP(=O)(O)O)CC=CP(=O)(O)O. The number of hydrogen-bond acceptors (Lipinski definition) is 5. The third-order valence-corrected chi connectivity index (χ3v) is 3.83. The van der Waals surface area contributed by atoms with Crippen LogP contribution in [-0.4, -0.2) is 65.8 Å². The Morgan fingerprint density at radius 3 is 1.62 bits per heavy atom. The third-order valence-electron chi connectivity index (χ3n) is 2.64. The Hall–Kier alpha value is -1.32. The van der Waals surface area contributed by atoms with Crippen LogP contribution in [0.1, 0.15) is 12.8 Å². The molecule has 0 radical (unpaired) electrons.